The summed E-state index contributed by atoms with van der Waals surface area (Å²) in [6.45, 7) is -0.941. The van der Waals surface area contributed by atoms with Crippen molar-refractivity contribution in [1.82, 2.24) is 29.1 Å². The van der Waals surface area contributed by atoms with Crippen LogP contribution in [-0.2, 0) is 32.1 Å². The number of aliphatic hydroxyl groups excluding tert-OH is 2. The Hall–Kier alpha value is -2.71. The van der Waals surface area contributed by atoms with Crippen molar-refractivity contribution in [2.24, 2.45) is 0 Å². The van der Waals surface area contributed by atoms with Crippen LogP contribution in [0.15, 0.2) is 35.6 Å². The van der Waals surface area contributed by atoms with Gasteiger partial charge in [-0.1, -0.05) is 12.2 Å². The number of fused-ring (bicyclic) bond motifs is 5. The van der Waals surface area contributed by atoms with E-state index in [9.17, 15) is 24.5 Å². The standard InChI is InChI=1S/C22H26N8O11P2S/c23-16-8-1-3-29(17(8)26-7-25-16)20-13(32)14-11(39-20)5-36-42(44)40-15-12(31)10(6-37-43(34,35)41-14)38-21(15)30-4-2-9-18(30)27-22(24)28-19(9)33/h1-4,7,10-15,20-21,31-32,44H,5-6H2,(H,34,35)(H2,23,25,26)(H3,24,27,28,33). The quantitative estimate of drug-likeness (QED) is 0.108. The van der Waals surface area contributed by atoms with Crippen molar-refractivity contribution in [2.45, 2.75) is 49.1 Å². The predicted molar refractivity (Wildman–Crippen MR) is 154 cm³/mol. The zero-order valence-corrected chi connectivity index (χ0v) is 24.9. The van der Waals surface area contributed by atoms with E-state index in [4.69, 9.17) is 39.0 Å². The molecule has 10 atom stereocenters. The van der Waals surface area contributed by atoms with Gasteiger partial charge in [-0.25, -0.2) is 14.5 Å². The fraction of sp³-hybridized carbons (Fsp3) is 0.455. The molecule has 4 aromatic heterocycles. The monoisotopic (exact) mass is 672 g/mol. The lowest BCUT2D eigenvalue weighted by molar-refractivity contribution is -0.0598. The topological polar surface area (TPSA) is 267 Å². The van der Waals surface area contributed by atoms with E-state index in [1.165, 1.54) is 27.7 Å². The highest BCUT2D eigenvalue weighted by Crippen LogP contribution is 2.53. The number of H-pyrrole nitrogens is 1. The summed E-state index contributed by atoms with van der Waals surface area (Å²) < 4.78 is 50.5. The van der Waals surface area contributed by atoms with Gasteiger partial charge < -0.3 is 54.2 Å². The molecule has 44 heavy (non-hydrogen) atoms. The van der Waals surface area contributed by atoms with Gasteiger partial charge in [0.05, 0.1) is 24.0 Å². The molecular weight excluding hydrogens is 646 g/mol. The maximum absolute atomic E-state index is 13.1. The van der Waals surface area contributed by atoms with Gasteiger partial charge in [-0.05, 0) is 12.1 Å². The number of aromatic amines is 1. The van der Waals surface area contributed by atoms with Crippen LogP contribution in [0, 0.1) is 0 Å². The lowest BCUT2D eigenvalue weighted by Crippen LogP contribution is -2.36. The van der Waals surface area contributed by atoms with Gasteiger partial charge in [-0.2, -0.15) is 4.98 Å². The first-order valence-electron chi connectivity index (χ1n) is 13.1. The highest BCUT2D eigenvalue weighted by molar-refractivity contribution is 8.41. The van der Waals surface area contributed by atoms with E-state index in [2.05, 4.69) is 32.2 Å². The van der Waals surface area contributed by atoms with Crippen molar-refractivity contribution in [2.75, 3.05) is 24.7 Å². The van der Waals surface area contributed by atoms with Crippen molar-refractivity contribution in [1.29, 1.82) is 0 Å². The number of aromatic nitrogens is 6. The maximum Gasteiger partial charge on any atom is 0.472 e. The summed E-state index contributed by atoms with van der Waals surface area (Å²) in [6.07, 6.45) is -5.73. The first kappa shape index (κ1) is 30.0. The van der Waals surface area contributed by atoms with Crippen molar-refractivity contribution >= 4 is 61.5 Å². The average Bonchev–Trinajstić information content (AvgIpc) is 3.72. The number of anilines is 2. The predicted octanol–water partition coefficient (Wildman–Crippen LogP) is -0.0752. The number of phosphoric acid groups is 1. The van der Waals surface area contributed by atoms with E-state index in [0.29, 0.717) is 11.0 Å². The number of rotatable bonds is 2. The Balaban J connectivity index is 1.18. The molecule has 8 N–H and O–H groups in total. The SMILES string of the molecule is Nc1nc2c(ccn2C2OC3COP(=O)(O)OC4C(COP(S)OC2C3O)OC(n2ccc3c(N)ncnc32)C4O)c(=O)[nH]1. The third-order valence-electron chi connectivity index (χ3n) is 7.53. The zero-order valence-electron chi connectivity index (χ0n) is 22.3. The molecule has 7 rings (SSSR count). The Morgan fingerprint density at radius 1 is 1.00 bits per heavy atom. The lowest BCUT2D eigenvalue weighted by atomic mass is 10.1. The molecule has 3 aliphatic rings. The highest BCUT2D eigenvalue weighted by Gasteiger charge is 2.52. The van der Waals surface area contributed by atoms with Crippen LogP contribution in [0.5, 0.6) is 0 Å². The van der Waals surface area contributed by atoms with E-state index in [-0.39, 0.29) is 29.4 Å². The molecule has 4 aromatic rings. The minimum Gasteiger partial charge on any atom is -0.387 e. The van der Waals surface area contributed by atoms with Gasteiger partial charge >= 0.3 is 7.82 Å². The number of nitrogens with zero attached hydrogens (tertiary/aromatic N) is 5. The molecule has 0 aromatic carbocycles. The molecular formula is C22H26N8O11P2S. The second kappa shape index (κ2) is 11.3. The van der Waals surface area contributed by atoms with E-state index in [1.807, 2.05) is 0 Å². The molecule has 0 saturated carbocycles. The Labute approximate surface area is 252 Å². The summed E-state index contributed by atoms with van der Waals surface area (Å²) in [5.74, 6) is 0.0693. The number of ether oxygens (including phenoxy) is 2. The fourth-order valence-electron chi connectivity index (χ4n) is 5.49. The second-order valence-electron chi connectivity index (χ2n) is 10.2. The van der Waals surface area contributed by atoms with Crippen LogP contribution < -0.4 is 17.0 Å². The Morgan fingerprint density at radius 3 is 2.52 bits per heavy atom. The smallest absolute Gasteiger partial charge is 0.387 e. The molecule has 7 heterocycles. The average molecular weight is 673 g/mol. The number of thiol groups is 1. The second-order valence-corrected chi connectivity index (χ2v) is 13.5. The van der Waals surface area contributed by atoms with Crippen LogP contribution in [0.25, 0.3) is 22.1 Å². The van der Waals surface area contributed by atoms with E-state index in [0.717, 1.165) is 0 Å². The van der Waals surface area contributed by atoms with Crippen LogP contribution in [0.4, 0.5) is 11.8 Å². The van der Waals surface area contributed by atoms with Gasteiger partial charge in [0, 0.05) is 12.4 Å². The molecule has 22 heteroatoms. The van der Waals surface area contributed by atoms with E-state index in [1.54, 1.807) is 12.3 Å². The van der Waals surface area contributed by atoms with Gasteiger partial charge in [-0.3, -0.25) is 18.8 Å². The normalized spacial score (nSPS) is 36.6. The van der Waals surface area contributed by atoms with Gasteiger partial charge in [0.1, 0.15) is 54.4 Å². The minimum atomic E-state index is -4.90. The van der Waals surface area contributed by atoms with Crippen LogP contribution in [0.1, 0.15) is 12.5 Å². The largest absolute Gasteiger partial charge is 0.472 e. The molecule has 10 unspecified atom stereocenters. The first-order valence-corrected chi connectivity index (χ1v) is 16.9. The molecule has 0 amide bonds. The molecule has 3 saturated heterocycles. The van der Waals surface area contributed by atoms with Gasteiger partial charge in [0.2, 0.25) is 13.5 Å². The maximum atomic E-state index is 13.1. The van der Waals surface area contributed by atoms with Crippen LogP contribution in [-0.4, -0.2) is 94.0 Å². The highest BCUT2D eigenvalue weighted by atomic mass is 32.7. The minimum absolute atomic E-state index is 0.144. The first-order chi connectivity index (χ1) is 21.0. The number of nitrogen functional groups attached to an aromatic ring is 2. The molecule has 0 radical (unpaired) electrons. The lowest BCUT2D eigenvalue weighted by Gasteiger charge is -2.26. The third kappa shape index (κ3) is 5.20. The Kier molecular flexibility index (Phi) is 7.68. The number of nitrogens with one attached hydrogen (secondary N) is 1. The fourth-order valence-corrected chi connectivity index (χ4v) is 7.76. The molecule has 19 nitrogen and oxygen atoms in total. The van der Waals surface area contributed by atoms with Gasteiger partial charge in [0.15, 0.2) is 18.1 Å². The molecule has 3 aliphatic heterocycles. The number of phosphoric ester groups is 1. The van der Waals surface area contributed by atoms with Crippen LogP contribution >= 0.6 is 27.6 Å². The number of hydrogen-bond acceptors (Lipinski definition) is 16. The van der Waals surface area contributed by atoms with Crippen LogP contribution in [0.3, 0.4) is 0 Å². The Bertz CT molecular complexity index is 1820. The number of aliphatic hydroxyl groups is 2. The summed E-state index contributed by atoms with van der Waals surface area (Å²) in [6, 6.07) is 3.12. The summed E-state index contributed by atoms with van der Waals surface area (Å²) in [5.41, 5.74) is 11.7. The summed E-state index contributed by atoms with van der Waals surface area (Å²) in [7, 11) is -6.96. The van der Waals surface area contributed by atoms with Gasteiger partial charge in [-0.15, -0.1) is 0 Å². The number of nitrogens with two attached hydrogens (primary N) is 2. The van der Waals surface area contributed by atoms with Crippen molar-refractivity contribution in [3.8, 4) is 0 Å². The number of hydrogen-bond donors (Lipinski definition) is 7. The Morgan fingerprint density at radius 2 is 1.73 bits per heavy atom. The molecule has 0 aliphatic carbocycles. The van der Waals surface area contributed by atoms with E-state index >= 15 is 0 Å². The van der Waals surface area contributed by atoms with Crippen molar-refractivity contribution in [3.05, 3.63) is 41.2 Å². The molecule has 236 valence electrons. The molecule has 3 fully saturated rings. The van der Waals surface area contributed by atoms with Crippen molar-refractivity contribution in [3.63, 3.8) is 0 Å². The van der Waals surface area contributed by atoms with Crippen molar-refractivity contribution < 1.29 is 47.2 Å². The van der Waals surface area contributed by atoms with Crippen LogP contribution in [0.2, 0.25) is 0 Å². The summed E-state index contributed by atoms with van der Waals surface area (Å²) >= 11 is 4.42. The zero-order chi connectivity index (χ0) is 30.9. The summed E-state index contributed by atoms with van der Waals surface area (Å²) in [4.78, 5) is 37.8. The van der Waals surface area contributed by atoms with Gasteiger partial charge in [0.25, 0.3) is 5.56 Å². The third-order valence-corrected chi connectivity index (χ3v) is 9.94. The van der Waals surface area contributed by atoms with E-state index < -0.39 is 76.6 Å². The molecule has 2 bridgehead atoms. The molecule has 0 spiro atoms. The summed E-state index contributed by atoms with van der Waals surface area (Å²) in [5, 5.41) is 23.0.